The highest BCUT2D eigenvalue weighted by Gasteiger charge is 2.30. The second kappa shape index (κ2) is 6.09. The third kappa shape index (κ3) is 3.32. The average molecular weight is 413 g/mol. The van der Waals surface area contributed by atoms with Crippen LogP contribution in [0.2, 0.25) is 0 Å². The Morgan fingerprint density at radius 2 is 1.62 bits per heavy atom. The van der Waals surface area contributed by atoms with Crippen LogP contribution in [-0.4, -0.2) is 6.04 Å². The first kappa shape index (κ1) is 15.0. The van der Waals surface area contributed by atoms with Gasteiger partial charge in [0.1, 0.15) is 5.82 Å². The minimum Gasteiger partial charge on any atom is -0.380 e. The fourth-order valence-corrected chi connectivity index (χ4v) is 4.43. The van der Waals surface area contributed by atoms with Crippen molar-refractivity contribution in [1.82, 2.24) is 0 Å². The Morgan fingerprint density at radius 1 is 1.05 bits per heavy atom. The number of nitrogens with one attached hydrogen (secondary N) is 1. The summed E-state index contributed by atoms with van der Waals surface area (Å²) in [6, 6.07) is 11.6. The molecule has 1 nitrogen and oxygen atoms in total. The lowest BCUT2D eigenvalue weighted by Crippen LogP contribution is -2.34. The molecule has 1 saturated carbocycles. The fraction of sp³-hybridized carbons (Fsp3) is 0.294. The Kier molecular flexibility index (Phi) is 4.36. The molecule has 1 fully saturated rings. The van der Waals surface area contributed by atoms with Crippen LogP contribution < -0.4 is 5.32 Å². The molecular weight excluding hydrogens is 397 g/mol. The summed E-state index contributed by atoms with van der Waals surface area (Å²) in [5.41, 5.74) is 3.57. The molecule has 0 spiro atoms. The third-order valence-electron chi connectivity index (χ3n) is 4.01. The molecular formula is C17H16Br2FN. The molecule has 3 rings (SSSR count). The zero-order valence-electron chi connectivity index (χ0n) is 11.7. The second-order valence-corrected chi connectivity index (χ2v) is 7.37. The Balaban J connectivity index is 1.64. The van der Waals surface area contributed by atoms with Crippen molar-refractivity contribution in [1.29, 1.82) is 0 Å². The maximum Gasteiger partial charge on any atom is 0.123 e. The summed E-state index contributed by atoms with van der Waals surface area (Å²) in [5.74, 6) is 0.367. The van der Waals surface area contributed by atoms with E-state index in [4.69, 9.17) is 0 Å². The van der Waals surface area contributed by atoms with Gasteiger partial charge in [-0.3, -0.25) is 0 Å². The van der Waals surface area contributed by atoms with Gasteiger partial charge in [-0.25, -0.2) is 4.39 Å². The van der Waals surface area contributed by atoms with E-state index >= 15 is 0 Å². The van der Waals surface area contributed by atoms with Crippen molar-refractivity contribution >= 4 is 37.5 Å². The van der Waals surface area contributed by atoms with Crippen LogP contribution in [0.15, 0.2) is 45.3 Å². The van der Waals surface area contributed by atoms with E-state index in [2.05, 4.69) is 56.2 Å². The van der Waals surface area contributed by atoms with Crippen LogP contribution in [0.1, 0.15) is 29.9 Å². The lowest BCUT2D eigenvalue weighted by atomic mass is 9.76. The summed E-state index contributed by atoms with van der Waals surface area (Å²) in [7, 11) is 0. The molecule has 0 heterocycles. The van der Waals surface area contributed by atoms with E-state index in [0.29, 0.717) is 12.0 Å². The second-order valence-electron chi connectivity index (χ2n) is 5.66. The summed E-state index contributed by atoms with van der Waals surface area (Å²) in [6.07, 6.45) is 2.16. The Morgan fingerprint density at radius 3 is 2.19 bits per heavy atom. The van der Waals surface area contributed by atoms with Crippen LogP contribution in [-0.2, 0) is 0 Å². The van der Waals surface area contributed by atoms with Gasteiger partial charge < -0.3 is 5.32 Å². The van der Waals surface area contributed by atoms with E-state index in [-0.39, 0.29) is 5.82 Å². The predicted octanol–water partition coefficient (Wildman–Crippen LogP) is 6.02. The van der Waals surface area contributed by atoms with E-state index in [1.54, 1.807) is 12.1 Å². The van der Waals surface area contributed by atoms with Crippen molar-refractivity contribution in [2.24, 2.45) is 0 Å². The largest absolute Gasteiger partial charge is 0.380 e. The molecule has 1 aliphatic carbocycles. The first-order valence-corrected chi connectivity index (χ1v) is 8.59. The number of halogens is 3. The van der Waals surface area contributed by atoms with Gasteiger partial charge in [-0.05, 0) is 92.9 Å². The van der Waals surface area contributed by atoms with Gasteiger partial charge in [-0.15, -0.1) is 0 Å². The molecule has 2 aromatic carbocycles. The smallest absolute Gasteiger partial charge is 0.123 e. The Hall–Kier alpha value is -0.870. The van der Waals surface area contributed by atoms with Crippen molar-refractivity contribution in [2.45, 2.75) is 31.7 Å². The van der Waals surface area contributed by atoms with Crippen LogP contribution in [0.3, 0.4) is 0 Å². The van der Waals surface area contributed by atoms with Crippen LogP contribution in [0.4, 0.5) is 10.1 Å². The van der Waals surface area contributed by atoms with E-state index in [1.807, 2.05) is 12.1 Å². The minimum absolute atomic E-state index is 0.166. The number of rotatable bonds is 3. The van der Waals surface area contributed by atoms with E-state index in [1.165, 1.54) is 11.1 Å². The van der Waals surface area contributed by atoms with Gasteiger partial charge in [0.25, 0.3) is 0 Å². The van der Waals surface area contributed by atoms with Crippen molar-refractivity contribution in [2.75, 3.05) is 5.32 Å². The van der Waals surface area contributed by atoms with E-state index in [9.17, 15) is 4.39 Å². The summed E-state index contributed by atoms with van der Waals surface area (Å²) >= 11 is 7.23. The van der Waals surface area contributed by atoms with Crippen molar-refractivity contribution in [3.05, 3.63) is 62.3 Å². The van der Waals surface area contributed by atoms with Crippen LogP contribution in [0, 0.1) is 12.7 Å². The predicted molar refractivity (Wildman–Crippen MR) is 92.4 cm³/mol. The van der Waals surface area contributed by atoms with E-state index < -0.39 is 0 Å². The average Bonchev–Trinajstić information content (AvgIpc) is 2.37. The first-order valence-electron chi connectivity index (χ1n) is 7.00. The zero-order valence-corrected chi connectivity index (χ0v) is 14.8. The van der Waals surface area contributed by atoms with Crippen LogP contribution in [0.5, 0.6) is 0 Å². The summed E-state index contributed by atoms with van der Waals surface area (Å²) in [6.45, 7) is 2.08. The number of hydrogen-bond donors (Lipinski definition) is 1. The Labute approximate surface area is 141 Å². The standard InChI is InChI=1S/C17H16Br2FN/c1-10-6-15(18)17(16(19)7-10)21-14-8-12(9-14)11-2-4-13(20)5-3-11/h2-7,12,14,21H,8-9H2,1H3. The number of aryl methyl sites for hydroxylation is 1. The number of anilines is 1. The molecule has 4 heteroatoms. The number of hydrogen-bond acceptors (Lipinski definition) is 1. The molecule has 1 N–H and O–H groups in total. The van der Waals surface area contributed by atoms with Gasteiger partial charge >= 0.3 is 0 Å². The molecule has 0 aromatic heterocycles. The van der Waals surface area contributed by atoms with Gasteiger partial charge in [0, 0.05) is 15.0 Å². The highest BCUT2D eigenvalue weighted by atomic mass is 79.9. The lowest BCUT2D eigenvalue weighted by molar-refractivity contribution is 0.373. The van der Waals surface area contributed by atoms with Crippen LogP contribution >= 0.6 is 31.9 Å². The highest BCUT2D eigenvalue weighted by molar-refractivity contribution is 9.11. The van der Waals surface area contributed by atoms with E-state index in [0.717, 1.165) is 27.5 Å². The maximum atomic E-state index is 12.9. The zero-order chi connectivity index (χ0) is 15.0. The monoisotopic (exact) mass is 411 g/mol. The molecule has 0 radical (unpaired) electrons. The quantitative estimate of drug-likeness (QED) is 0.650. The SMILES string of the molecule is Cc1cc(Br)c(NC2CC(c3ccc(F)cc3)C2)c(Br)c1. The van der Waals surface area contributed by atoms with Crippen LogP contribution in [0.25, 0.3) is 0 Å². The van der Waals surface area contributed by atoms with Crippen molar-refractivity contribution < 1.29 is 4.39 Å². The fourth-order valence-electron chi connectivity index (χ4n) is 2.78. The highest BCUT2D eigenvalue weighted by Crippen LogP contribution is 2.41. The van der Waals surface area contributed by atoms with Crippen molar-refractivity contribution in [3.8, 4) is 0 Å². The molecule has 110 valence electrons. The third-order valence-corrected chi connectivity index (χ3v) is 5.27. The van der Waals surface area contributed by atoms with Gasteiger partial charge in [-0.2, -0.15) is 0 Å². The number of benzene rings is 2. The minimum atomic E-state index is -0.166. The first-order chi connectivity index (χ1) is 10.0. The van der Waals surface area contributed by atoms with Gasteiger partial charge in [0.2, 0.25) is 0 Å². The van der Waals surface area contributed by atoms with Crippen molar-refractivity contribution in [3.63, 3.8) is 0 Å². The molecule has 0 amide bonds. The Bertz CT molecular complexity index is 625. The molecule has 0 saturated heterocycles. The molecule has 1 aliphatic rings. The summed E-state index contributed by atoms with van der Waals surface area (Å²) in [5, 5.41) is 3.59. The van der Waals surface area contributed by atoms with Gasteiger partial charge in [0.15, 0.2) is 0 Å². The summed E-state index contributed by atoms with van der Waals surface area (Å²) < 4.78 is 15.1. The topological polar surface area (TPSA) is 12.0 Å². The molecule has 21 heavy (non-hydrogen) atoms. The molecule has 2 aromatic rings. The molecule has 0 aliphatic heterocycles. The molecule has 0 unspecified atom stereocenters. The van der Waals surface area contributed by atoms with Gasteiger partial charge in [0.05, 0.1) is 5.69 Å². The molecule has 0 atom stereocenters. The lowest BCUT2D eigenvalue weighted by Gasteiger charge is -2.37. The molecule has 0 bridgehead atoms. The van der Waals surface area contributed by atoms with Gasteiger partial charge in [-0.1, -0.05) is 12.1 Å². The normalized spacial score (nSPS) is 21.0. The maximum absolute atomic E-state index is 12.9. The summed E-state index contributed by atoms with van der Waals surface area (Å²) in [4.78, 5) is 0.